The Morgan fingerprint density at radius 2 is 2.08 bits per heavy atom. The summed E-state index contributed by atoms with van der Waals surface area (Å²) in [6, 6.07) is 5.92. The van der Waals surface area contributed by atoms with Crippen molar-refractivity contribution in [2.75, 3.05) is 5.75 Å². The van der Waals surface area contributed by atoms with Gasteiger partial charge in [0.1, 0.15) is 11.4 Å². The topological polar surface area (TPSA) is 40.5 Å². The van der Waals surface area contributed by atoms with Crippen LogP contribution >= 0.6 is 12.6 Å². The summed E-state index contributed by atoms with van der Waals surface area (Å²) >= 11 is 4.23. The molecule has 3 aliphatic carbocycles. The molecule has 2 fully saturated rings. The molecule has 0 aliphatic heterocycles. The summed E-state index contributed by atoms with van der Waals surface area (Å²) in [7, 11) is 0. The van der Waals surface area contributed by atoms with E-state index in [1.54, 1.807) is 0 Å². The number of aliphatic hydroxyl groups is 1. The molecule has 2 nitrogen and oxygen atoms in total. The third-order valence-corrected chi connectivity index (χ3v) is 7.62. The van der Waals surface area contributed by atoms with Crippen LogP contribution in [0.3, 0.4) is 0 Å². The lowest BCUT2D eigenvalue weighted by Crippen LogP contribution is -2.50. The van der Waals surface area contributed by atoms with Crippen LogP contribution in [0.4, 0.5) is 0 Å². The molecule has 4 rings (SSSR count). The number of hydrogen-bond acceptors (Lipinski definition) is 3. The van der Waals surface area contributed by atoms with Gasteiger partial charge in [-0.3, -0.25) is 0 Å². The van der Waals surface area contributed by atoms with E-state index in [-0.39, 0.29) is 5.41 Å². The van der Waals surface area contributed by atoms with E-state index in [1.807, 2.05) is 12.1 Å². The molecule has 25 heavy (non-hydrogen) atoms. The van der Waals surface area contributed by atoms with Crippen molar-refractivity contribution >= 4 is 12.6 Å². The zero-order valence-corrected chi connectivity index (χ0v) is 15.9. The molecule has 1 aromatic rings. The Labute approximate surface area is 156 Å². The van der Waals surface area contributed by atoms with Crippen molar-refractivity contribution < 1.29 is 10.2 Å². The molecule has 1 aromatic carbocycles. The molecule has 2 saturated carbocycles. The van der Waals surface area contributed by atoms with Crippen molar-refractivity contribution in [2.45, 2.75) is 63.4 Å². The van der Waals surface area contributed by atoms with Crippen molar-refractivity contribution in [3.63, 3.8) is 0 Å². The Morgan fingerprint density at radius 3 is 2.88 bits per heavy atom. The molecule has 0 spiro atoms. The van der Waals surface area contributed by atoms with E-state index in [4.69, 9.17) is 0 Å². The number of rotatable bonds is 1. The van der Waals surface area contributed by atoms with Gasteiger partial charge in [-0.1, -0.05) is 24.8 Å². The minimum absolute atomic E-state index is 0.0911. The largest absolute Gasteiger partial charge is 0.508 e. The molecule has 3 unspecified atom stereocenters. The minimum Gasteiger partial charge on any atom is -0.508 e. The van der Waals surface area contributed by atoms with Crippen LogP contribution in [-0.2, 0) is 6.42 Å². The van der Waals surface area contributed by atoms with Crippen LogP contribution in [0.2, 0.25) is 0 Å². The summed E-state index contributed by atoms with van der Waals surface area (Å²) in [5.41, 5.74) is 1.84. The predicted octanol–water partition coefficient (Wildman–Crippen LogP) is 4.30. The van der Waals surface area contributed by atoms with E-state index in [1.165, 1.54) is 17.5 Å². The van der Waals surface area contributed by atoms with Gasteiger partial charge in [0.2, 0.25) is 0 Å². The van der Waals surface area contributed by atoms with E-state index in [9.17, 15) is 10.2 Å². The summed E-state index contributed by atoms with van der Waals surface area (Å²) in [6.07, 6.45) is 6.99. The van der Waals surface area contributed by atoms with Gasteiger partial charge < -0.3 is 10.2 Å². The first kappa shape index (κ1) is 17.3. The molecule has 3 aliphatic rings. The van der Waals surface area contributed by atoms with Crippen LogP contribution in [0, 0.1) is 29.1 Å². The Hall–Kier alpha value is -1.11. The number of aromatic hydroxyl groups is 1. The molecule has 0 bridgehead atoms. The second kappa shape index (κ2) is 6.25. The highest BCUT2D eigenvalue weighted by Gasteiger charge is 2.61. The van der Waals surface area contributed by atoms with E-state index in [0.29, 0.717) is 23.5 Å². The first-order chi connectivity index (χ1) is 12.0. The Balaban J connectivity index is 1.64. The number of benzene rings is 1. The van der Waals surface area contributed by atoms with Gasteiger partial charge in [0.05, 0.1) is 0 Å². The molecule has 0 aromatic heterocycles. The molecule has 0 heterocycles. The zero-order chi connectivity index (χ0) is 17.7. The van der Waals surface area contributed by atoms with Crippen molar-refractivity contribution in [1.29, 1.82) is 0 Å². The van der Waals surface area contributed by atoms with E-state index >= 15 is 0 Å². The van der Waals surface area contributed by atoms with Crippen LogP contribution in [0.5, 0.6) is 5.75 Å². The average Bonchev–Trinajstić information content (AvgIpc) is 2.86. The molecule has 134 valence electrons. The second-order valence-electron chi connectivity index (χ2n) is 8.43. The quantitative estimate of drug-likeness (QED) is 0.518. The van der Waals surface area contributed by atoms with Gasteiger partial charge in [-0.05, 0) is 79.5 Å². The van der Waals surface area contributed by atoms with Crippen LogP contribution in [0.1, 0.15) is 62.5 Å². The average molecular weight is 357 g/mol. The van der Waals surface area contributed by atoms with Crippen LogP contribution < -0.4 is 0 Å². The molecular formula is C22H28O2S. The second-order valence-corrected chi connectivity index (χ2v) is 8.88. The van der Waals surface area contributed by atoms with Gasteiger partial charge in [0, 0.05) is 17.6 Å². The predicted molar refractivity (Wildman–Crippen MR) is 104 cm³/mol. The molecule has 2 N–H and O–H groups in total. The number of thiol groups is 1. The van der Waals surface area contributed by atoms with E-state index in [2.05, 4.69) is 37.5 Å². The summed E-state index contributed by atoms with van der Waals surface area (Å²) in [4.78, 5) is 0. The normalized spacial score (nSPS) is 38.9. The third-order valence-electron chi connectivity index (χ3n) is 7.39. The maximum absolute atomic E-state index is 11.4. The molecule has 0 saturated heterocycles. The summed E-state index contributed by atoms with van der Waals surface area (Å²) in [5.74, 6) is 9.30. The van der Waals surface area contributed by atoms with Crippen LogP contribution in [-0.4, -0.2) is 21.6 Å². The van der Waals surface area contributed by atoms with E-state index in [0.717, 1.165) is 44.3 Å². The van der Waals surface area contributed by atoms with Gasteiger partial charge in [0.25, 0.3) is 0 Å². The molecule has 0 radical (unpaired) electrons. The first-order valence-electron chi connectivity index (χ1n) is 9.63. The monoisotopic (exact) mass is 356 g/mol. The van der Waals surface area contributed by atoms with Gasteiger partial charge >= 0.3 is 0 Å². The van der Waals surface area contributed by atoms with Crippen molar-refractivity contribution in [1.82, 2.24) is 0 Å². The molecular weight excluding hydrogens is 328 g/mol. The lowest BCUT2D eigenvalue weighted by atomic mass is 9.53. The van der Waals surface area contributed by atoms with Crippen molar-refractivity contribution in [3.8, 4) is 17.6 Å². The Morgan fingerprint density at radius 1 is 1.24 bits per heavy atom. The molecule has 3 heteroatoms. The van der Waals surface area contributed by atoms with E-state index < -0.39 is 5.60 Å². The Kier molecular flexibility index (Phi) is 4.33. The highest BCUT2D eigenvalue weighted by molar-refractivity contribution is 7.80. The first-order valence-corrected chi connectivity index (χ1v) is 10.3. The van der Waals surface area contributed by atoms with Crippen LogP contribution in [0.25, 0.3) is 0 Å². The van der Waals surface area contributed by atoms with Crippen molar-refractivity contribution in [2.24, 2.45) is 17.3 Å². The lowest BCUT2D eigenvalue weighted by molar-refractivity contribution is -0.0648. The number of hydrogen-bond donors (Lipinski definition) is 3. The fraction of sp³-hybridized carbons (Fsp3) is 0.636. The highest BCUT2D eigenvalue weighted by Crippen LogP contribution is 2.64. The standard InChI is InChI=1S/C22H28O2S/c1-21-11-8-18-17-7-5-16(23)14-15(17)4-6-19(18)20(21)9-12-22(21,24)10-2-3-13-25/h5,7,14,18-20,23-25H,3-4,6,8-9,11-13H2,1H3/t18?,19?,20?,21-,22-/m0/s1. The maximum atomic E-state index is 11.4. The number of fused-ring (bicyclic) bond motifs is 5. The summed E-state index contributed by atoms with van der Waals surface area (Å²) < 4.78 is 0. The fourth-order valence-electron chi connectivity index (χ4n) is 6.05. The number of phenolic OH excluding ortho intramolecular Hbond substituents is 1. The maximum Gasteiger partial charge on any atom is 0.131 e. The Bertz CT molecular complexity index is 733. The highest BCUT2D eigenvalue weighted by atomic mass is 32.1. The lowest BCUT2D eigenvalue weighted by Gasteiger charge is -2.52. The fourth-order valence-corrected chi connectivity index (χ4v) is 6.17. The number of aryl methyl sites for hydroxylation is 1. The molecule has 5 atom stereocenters. The SMILES string of the molecule is C[C@]12CCC3c4ccc(O)cc4CCC3C1CC[C@@]2(O)C#CCCS. The summed E-state index contributed by atoms with van der Waals surface area (Å²) in [6.45, 7) is 2.28. The third kappa shape index (κ3) is 2.61. The minimum atomic E-state index is -0.833. The smallest absolute Gasteiger partial charge is 0.131 e. The summed E-state index contributed by atoms with van der Waals surface area (Å²) in [5, 5.41) is 21.2. The van der Waals surface area contributed by atoms with Crippen molar-refractivity contribution in [3.05, 3.63) is 29.3 Å². The van der Waals surface area contributed by atoms with Gasteiger partial charge in [-0.2, -0.15) is 12.6 Å². The number of phenols is 1. The van der Waals surface area contributed by atoms with Gasteiger partial charge in [0.15, 0.2) is 0 Å². The molecule has 0 amide bonds. The van der Waals surface area contributed by atoms with Gasteiger partial charge in [-0.15, -0.1) is 0 Å². The van der Waals surface area contributed by atoms with Gasteiger partial charge in [-0.25, -0.2) is 0 Å². The zero-order valence-electron chi connectivity index (χ0n) is 15.0. The van der Waals surface area contributed by atoms with Crippen LogP contribution in [0.15, 0.2) is 18.2 Å².